The predicted octanol–water partition coefficient (Wildman–Crippen LogP) is 1.36. The van der Waals surface area contributed by atoms with Crippen molar-refractivity contribution in [1.29, 1.82) is 0 Å². The van der Waals surface area contributed by atoms with Gasteiger partial charge in [0.15, 0.2) is 0 Å². The van der Waals surface area contributed by atoms with Crippen LogP contribution < -0.4 is 5.32 Å². The second kappa shape index (κ2) is 5.99. The summed E-state index contributed by atoms with van der Waals surface area (Å²) in [6, 6.07) is 2.29. The van der Waals surface area contributed by atoms with Gasteiger partial charge in [-0.1, -0.05) is 0 Å². The smallest absolute Gasteiger partial charge is 0.339 e. The standard InChI is InChI=1S/C15H21N3O3/c1-10-4-5-16-14(13(10)15(19)20)17-7-12-8-18-6-2-3-11(18)9-21-12/h4-5,11-12H,2-3,6-9H2,1H3,(H,16,17)(H,19,20). The SMILES string of the molecule is Cc1ccnc(NCC2CN3CCCC3CO2)c1C(=O)O. The minimum Gasteiger partial charge on any atom is -0.478 e. The highest BCUT2D eigenvalue weighted by Crippen LogP contribution is 2.23. The number of hydrogen-bond donors (Lipinski definition) is 2. The number of carbonyl (C=O) groups is 1. The molecule has 0 bridgehead atoms. The molecule has 2 aliphatic rings. The molecule has 2 saturated heterocycles. The summed E-state index contributed by atoms with van der Waals surface area (Å²) in [6.45, 7) is 5.20. The second-order valence-electron chi connectivity index (χ2n) is 5.78. The van der Waals surface area contributed by atoms with Gasteiger partial charge < -0.3 is 15.2 Å². The zero-order valence-corrected chi connectivity index (χ0v) is 12.2. The van der Waals surface area contributed by atoms with Crippen molar-refractivity contribution >= 4 is 11.8 Å². The number of aromatic nitrogens is 1. The van der Waals surface area contributed by atoms with E-state index in [-0.39, 0.29) is 11.7 Å². The molecule has 6 nitrogen and oxygen atoms in total. The molecule has 21 heavy (non-hydrogen) atoms. The molecular weight excluding hydrogens is 270 g/mol. The van der Waals surface area contributed by atoms with Gasteiger partial charge in [-0.3, -0.25) is 4.90 Å². The highest BCUT2D eigenvalue weighted by Gasteiger charge is 2.32. The Bertz CT molecular complexity index is 535. The molecular formula is C15H21N3O3. The Labute approximate surface area is 124 Å². The lowest BCUT2D eigenvalue weighted by Gasteiger charge is -2.35. The molecule has 0 radical (unpaired) electrons. The number of aryl methyl sites for hydroxylation is 1. The Morgan fingerprint density at radius 2 is 2.48 bits per heavy atom. The quantitative estimate of drug-likeness (QED) is 0.872. The summed E-state index contributed by atoms with van der Waals surface area (Å²) in [5.74, 6) is -0.526. The zero-order chi connectivity index (χ0) is 14.8. The molecule has 114 valence electrons. The summed E-state index contributed by atoms with van der Waals surface area (Å²) in [7, 11) is 0. The number of nitrogens with zero attached hydrogens (tertiary/aromatic N) is 2. The van der Waals surface area contributed by atoms with Crippen LogP contribution in [0.5, 0.6) is 0 Å². The van der Waals surface area contributed by atoms with Crippen molar-refractivity contribution in [1.82, 2.24) is 9.88 Å². The summed E-state index contributed by atoms with van der Waals surface area (Å²) in [5, 5.41) is 12.4. The normalized spacial score (nSPS) is 25.6. The van der Waals surface area contributed by atoms with Crippen LogP contribution in [0.25, 0.3) is 0 Å². The van der Waals surface area contributed by atoms with Gasteiger partial charge in [0.2, 0.25) is 0 Å². The van der Waals surface area contributed by atoms with E-state index in [1.165, 1.54) is 12.8 Å². The molecule has 2 unspecified atom stereocenters. The fourth-order valence-corrected chi connectivity index (χ4v) is 3.18. The Hall–Kier alpha value is -1.66. The van der Waals surface area contributed by atoms with Crippen molar-refractivity contribution in [3.05, 3.63) is 23.4 Å². The largest absolute Gasteiger partial charge is 0.478 e. The first-order chi connectivity index (χ1) is 10.1. The number of aromatic carboxylic acids is 1. The number of rotatable bonds is 4. The van der Waals surface area contributed by atoms with E-state index in [1.807, 2.05) is 0 Å². The molecule has 0 amide bonds. The Morgan fingerprint density at radius 3 is 3.29 bits per heavy atom. The van der Waals surface area contributed by atoms with E-state index in [2.05, 4.69) is 15.2 Å². The van der Waals surface area contributed by atoms with Gasteiger partial charge in [0.05, 0.1) is 12.7 Å². The monoisotopic (exact) mass is 291 g/mol. The number of hydrogen-bond acceptors (Lipinski definition) is 5. The number of nitrogens with one attached hydrogen (secondary N) is 1. The van der Waals surface area contributed by atoms with Crippen LogP contribution in [0.3, 0.4) is 0 Å². The van der Waals surface area contributed by atoms with Crippen molar-refractivity contribution in [2.24, 2.45) is 0 Å². The van der Waals surface area contributed by atoms with Gasteiger partial charge in [-0.25, -0.2) is 9.78 Å². The van der Waals surface area contributed by atoms with E-state index in [0.29, 0.717) is 24.0 Å². The molecule has 3 heterocycles. The summed E-state index contributed by atoms with van der Waals surface area (Å²) in [6.07, 6.45) is 4.19. The summed E-state index contributed by atoms with van der Waals surface area (Å²) in [4.78, 5) is 17.9. The Balaban J connectivity index is 1.63. The maximum absolute atomic E-state index is 11.3. The summed E-state index contributed by atoms with van der Waals surface area (Å²) >= 11 is 0. The fourth-order valence-electron chi connectivity index (χ4n) is 3.18. The van der Waals surface area contributed by atoms with Gasteiger partial charge in [0.25, 0.3) is 0 Å². The lowest BCUT2D eigenvalue weighted by Crippen LogP contribution is -2.48. The molecule has 0 aromatic carbocycles. The van der Waals surface area contributed by atoms with Gasteiger partial charge >= 0.3 is 5.97 Å². The van der Waals surface area contributed by atoms with Gasteiger partial charge in [-0.05, 0) is 37.9 Å². The van der Waals surface area contributed by atoms with E-state index in [1.54, 1.807) is 19.2 Å². The molecule has 1 aromatic rings. The molecule has 0 aliphatic carbocycles. The van der Waals surface area contributed by atoms with Gasteiger partial charge in [-0.2, -0.15) is 0 Å². The van der Waals surface area contributed by atoms with E-state index in [9.17, 15) is 9.90 Å². The average molecular weight is 291 g/mol. The summed E-state index contributed by atoms with van der Waals surface area (Å²) < 4.78 is 5.86. The van der Waals surface area contributed by atoms with Crippen LogP contribution in [-0.4, -0.2) is 59.3 Å². The third kappa shape index (κ3) is 3.01. The van der Waals surface area contributed by atoms with Crippen LogP contribution in [0, 0.1) is 6.92 Å². The van der Waals surface area contributed by atoms with E-state index in [0.717, 1.165) is 19.7 Å². The number of carboxylic acid groups (broad SMARTS) is 1. The predicted molar refractivity (Wildman–Crippen MR) is 78.8 cm³/mol. The molecule has 2 atom stereocenters. The molecule has 2 aliphatic heterocycles. The summed E-state index contributed by atoms with van der Waals surface area (Å²) in [5.41, 5.74) is 0.955. The number of fused-ring (bicyclic) bond motifs is 1. The van der Waals surface area contributed by atoms with Crippen LogP contribution in [0.15, 0.2) is 12.3 Å². The number of ether oxygens (including phenoxy) is 1. The number of pyridine rings is 1. The van der Waals surface area contributed by atoms with Crippen molar-refractivity contribution in [3.8, 4) is 0 Å². The first-order valence-electron chi connectivity index (χ1n) is 7.43. The highest BCUT2D eigenvalue weighted by atomic mass is 16.5. The molecule has 2 fully saturated rings. The molecule has 3 rings (SSSR count). The molecule has 1 aromatic heterocycles. The van der Waals surface area contributed by atoms with E-state index < -0.39 is 5.97 Å². The van der Waals surface area contributed by atoms with Crippen LogP contribution in [0.2, 0.25) is 0 Å². The van der Waals surface area contributed by atoms with Crippen molar-refractivity contribution in [2.75, 3.05) is 31.6 Å². The highest BCUT2D eigenvalue weighted by molar-refractivity contribution is 5.94. The van der Waals surface area contributed by atoms with Crippen molar-refractivity contribution < 1.29 is 14.6 Å². The maximum atomic E-state index is 11.3. The van der Waals surface area contributed by atoms with Crippen LogP contribution in [-0.2, 0) is 4.74 Å². The molecule has 0 saturated carbocycles. The number of anilines is 1. The van der Waals surface area contributed by atoms with Crippen molar-refractivity contribution in [3.63, 3.8) is 0 Å². The second-order valence-corrected chi connectivity index (χ2v) is 5.78. The lowest BCUT2D eigenvalue weighted by molar-refractivity contribution is -0.0416. The number of morpholine rings is 1. The average Bonchev–Trinajstić information content (AvgIpc) is 2.92. The van der Waals surface area contributed by atoms with Gasteiger partial charge in [0.1, 0.15) is 11.4 Å². The fraction of sp³-hybridized carbons (Fsp3) is 0.600. The Kier molecular flexibility index (Phi) is 4.07. The first-order valence-corrected chi connectivity index (χ1v) is 7.43. The van der Waals surface area contributed by atoms with Crippen molar-refractivity contribution in [2.45, 2.75) is 31.9 Å². The van der Waals surface area contributed by atoms with E-state index >= 15 is 0 Å². The van der Waals surface area contributed by atoms with Gasteiger partial charge in [-0.15, -0.1) is 0 Å². The molecule has 0 spiro atoms. The third-order valence-corrected chi connectivity index (χ3v) is 4.33. The zero-order valence-electron chi connectivity index (χ0n) is 12.2. The van der Waals surface area contributed by atoms with Crippen LogP contribution in [0.4, 0.5) is 5.82 Å². The first kappa shape index (κ1) is 14.3. The number of carboxylic acids is 1. The van der Waals surface area contributed by atoms with Crippen LogP contribution in [0.1, 0.15) is 28.8 Å². The van der Waals surface area contributed by atoms with Gasteiger partial charge in [0, 0.05) is 25.3 Å². The topological polar surface area (TPSA) is 74.7 Å². The van der Waals surface area contributed by atoms with Crippen LogP contribution >= 0.6 is 0 Å². The maximum Gasteiger partial charge on any atom is 0.339 e. The molecule has 6 heteroatoms. The molecule has 2 N–H and O–H groups in total. The minimum atomic E-state index is -0.952. The lowest BCUT2D eigenvalue weighted by atomic mass is 10.1. The third-order valence-electron chi connectivity index (χ3n) is 4.33. The minimum absolute atomic E-state index is 0.0864. The van der Waals surface area contributed by atoms with E-state index in [4.69, 9.17) is 4.74 Å². The Morgan fingerprint density at radius 1 is 1.62 bits per heavy atom.